The lowest BCUT2D eigenvalue weighted by Gasteiger charge is -2.13. The van der Waals surface area contributed by atoms with E-state index in [1.165, 1.54) is 17.1 Å². The first-order valence-corrected chi connectivity index (χ1v) is 3.98. The second-order valence-electron chi connectivity index (χ2n) is 2.97. The molecular weight excluding hydrogens is 194 g/mol. The maximum atomic E-state index is 12.5. The number of aromatic nitrogens is 2. The van der Waals surface area contributed by atoms with E-state index in [1.807, 2.05) is 0 Å². The van der Waals surface area contributed by atoms with E-state index in [9.17, 15) is 13.6 Å². The van der Waals surface area contributed by atoms with E-state index in [0.29, 0.717) is 0 Å². The molecule has 1 atom stereocenters. The summed E-state index contributed by atoms with van der Waals surface area (Å²) in [5.41, 5.74) is 0.238. The van der Waals surface area contributed by atoms with Crippen molar-refractivity contribution in [2.45, 2.75) is 18.8 Å². The van der Waals surface area contributed by atoms with E-state index >= 15 is 0 Å². The molecule has 1 unspecified atom stereocenters. The molecule has 0 fully saturated rings. The highest BCUT2D eigenvalue weighted by Gasteiger charge is 2.27. The number of aliphatic carboxylic acids is 1. The summed E-state index contributed by atoms with van der Waals surface area (Å²) in [6, 6.07) is 0. The number of aryl methyl sites for hydroxylation is 1. The number of carbonyl (C=O) groups is 1. The van der Waals surface area contributed by atoms with E-state index < -0.39 is 24.7 Å². The first-order valence-electron chi connectivity index (χ1n) is 3.98. The van der Waals surface area contributed by atoms with Gasteiger partial charge in [-0.1, -0.05) is 0 Å². The van der Waals surface area contributed by atoms with Crippen molar-refractivity contribution in [3.05, 3.63) is 18.2 Å². The SMILES string of the molecule is Cn1cncc1C(CC(=O)O)C(F)F. The Bertz CT molecular complexity index is 325. The molecule has 4 nitrogen and oxygen atoms in total. The molecule has 0 spiro atoms. The maximum Gasteiger partial charge on any atom is 0.304 e. The van der Waals surface area contributed by atoms with Crippen molar-refractivity contribution in [3.63, 3.8) is 0 Å². The van der Waals surface area contributed by atoms with Crippen molar-refractivity contribution in [2.24, 2.45) is 7.05 Å². The van der Waals surface area contributed by atoms with Crippen LogP contribution in [-0.2, 0) is 11.8 Å². The molecule has 0 bridgehead atoms. The third-order valence-electron chi connectivity index (χ3n) is 1.93. The second kappa shape index (κ2) is 4.17. The summed E-state index contributed by atoms with van der Waals surface area (Å²) in [4.78, 5) is 14.0. The van der Waals surface area contributed by atoms with Crippen molar-refractivity contribution >= 4 is 5.97 Å². The minimum atomic E-state index is -2.69. The molecule has 0 saturated heterocycles. The Kier molecular flexibility index (Phi) is 3.16. The number of rotatable bonds is 4. The Hall–Kier alpha value is -1.46. The average molecular weight is 204 g/mol. The summed E-state index contributed by atoms with van der Waals surface area (Å²) >= 11 is 0. The molecule has 1 heterocycles. The lowest BCUT2D eigenvalue weighted by atomic mass is 10.0. The molecule has 0 aliphatic rings. The third-order valence-corrected chi connectivity index (χ3v) is 1.93. The minimum Gasteiger partial charge on any atom is -0.481 e. The Labute approximate surface area is 79.2 Å². The lowest BCUT2D eigenvalue weighted by molar-refractivity contribution is -0.138. The zero-order valence-corrected chi connectivity index (χ0v) is 7.52. The fraction of sp³-hybridized carbons (Fsp3) is 0.500. The third kappa shape index (κ3) is 2.27. The van der Waals surface area contributed by atoms with Crippen LogP contribution in [-0.4, -0.2) is 27.1 Å². The average Bonchev–Trinajstić information content (AvgIpc) is 2.46. The predicted octanol–water partition coefficient (Wildman–Crippen LogP) is 1.24. The van der Waals surface area contributed by atoms with Gasteiger partial charge in [-0.05, 0) is 0 Å². The molecule has 0 aliphatic heterocycles. The topological polar surface area (TPSA) is 55.1 Å². The summed E-state index contributed by atoms with van der Waals surface area (Å²) in [6.45, 7) is 0. The van der Waals surface area contributed by atoms with Gasteiger partial charge in [-0.3, -0.25) is 4.79 Å². The smallest absolute Gasteiger partial charge is 0.304 e. The summed E-state index contributed by atoms with van der Waals surface area (Å²) < 4.78 is 26.4. The molecule has 0 radical (unpaired) electrons. The fourth-order valence-corrected chi connectivity index (χ4v) is 1.24. The maximum absolute atomic E-state index is 12.5. The molecule has 14 heavy (non-hydrogen) atoms. The van der Waals surface area contributed by atoms with Crippen molar-refractivity contribution in [1.29, 1.82) is 0 Å². The van der Waals surface area contributed by atoms with Crippen LogP contribution >= 0.6 is 0 Å². The van der Waals surface area contributed by atoms with E-state index in [0.717, 1.165) is 0 Å². The quantitative estimate of drug-likeness (QED) is 0.802. The first-order chi connectivity index (χ1) is 6.52. The first kappa shape index (κ1) is 10.6. The molecule has 0 aliphatic carbocycles. The molecule has 1 aromatic rings. The molecule has 6 heteroatoms. The van der Waals surface area contributed by atoms with E-state index in [-0.39, 0.29) is 5.69 Å². The monoisotopic (exact) mass is 204 g/mol. The second-order valence-corrected chi connectivity index (χ2v) is 2.97. The molecule has 0 aromatic carbocycles. The van der Waals surface area contributed by atoms with Crippen LogP contribution in [0.1, 0.15) is 18.0 Å². The fourth-order valence-electron chi connectivity index (χ4n) is 1.24. The molecule has 0 saturated carbocycles. The number of carboxylic acids is 1. The highest BCUT2D eigenvalue weighted by molar-refractivity contribution is 5.68. The number of hydrogen-bond donors (Lipinski definition) is 1. The van der Waals surface area contributed by atoms with Crippen LogP contribution in [0.4, 0.5) is 8.78 Å². The Balaban J connectivity index is 2.88. The Morgan fingerprint density at radius 3 is 2.71 bits per heavy atom. The highest BCUT2D eigenvalue weighted by atomic mass is 19.3. The number of hydrogen-bond acceptors (Lipinski definition) is 2. The Morgan fingerprint density at radius 1 is 1.71 bits per heavy atom. The number of imidazole rings is 1. The van der Waals surface area contributed by atoms with Crippen molar-refractivity contribution < 1.29 is 18.7 Å². The van der Waals surface area contributed by atoms with Gasteiger partial charge >= 0.3 is 5.97 Å². The highest BCUT2D eigenvalue weighted by Crippen LogP contribution is 2.25. The van der Waals surface area contributed by atoms with Crippen molar-refractivity contribution in [3.8, 4) is 0 Å². The van der Waals surface area contributed by atoms with Crippen LogP contribution in [0, 0.1) is 0 Å². The van der Waals surface area contributed by atoms with Crippen molar-refractivity contribution in [2.75, 3.05) is 0 Å². The van der Waals surface area contributed by atoms with Gasteiger partial charge < -0.3 is 9.67 Å². The normalized spacial score (nSPS) is 13.1. The van der Waals surface area contributed by atoms with Crippen LogP contribution in [0.3, 0.4) is 0 Å². The van der Waals surface area contributed by atoms with Gasteiger partial charge in [0, 0.05) is 18.9 Å². The van der Waals surface area contributed by atoms with Crippen LogP contribution in [0.2, 0.25) is 0 Å². The molecule has 0 amide bonds. The van der Waals surface area contributed by atoms with Crippen molar-refractivity contribution in [1.82, 2.24) is 9.55 Å². The van der Waals surface area contributed by atoms with Gasteiger partial charge in [-0.25, -0.2) is 13.8 Å². The molecular formula is C8H10F2N2O2. The predicted molar refractivity (Wildman–Crippen MR) is 44.2 cm³/mol. The molecule has 1 rings (SSSR count). The van der Waals surface area contributed by atoms with E-state index in [2.05, 4.69) is 4.98 Å². The lowest BCUT2D eigenvalue weighted by Crippen LogP contribution is -2.16. The number of nitrogens with zero attached hydrogens (tertiary/aromatic N) is 2. The van der Waals surface area contributed by atoms with Gasteiger partial charge in [-0.15, -0.1) is 0 Å². The van der Waals surface area contributed by atoms with Crippen LogP contribution in [0.15, 0.2) is 12.5 Å². The number of alkyl halides is 2. The van der Waals surface area contributed by atoms with Crippen LogP contribution in [0.25, 0.3) is 0 Å². The minimum absolute atomic E-state index is 0.238. The molecule has 78 valence electrons. The summed E-state index contributed by atoms with van der Waals surface area (Å²) in [7, 11) is 1.56. The van der Waals surface area contributed by atoms with Gasteiger partial charge in [0.2, 0.25) is 6.43 Å². The summed E-state index contributed by atoms with van der Waals surface area (Å²) in [6.07, 6.45) is -0.648. The summed E-state index contributed by atoms with van der Waals surface area (Å²) in [5, 5.41) is 8.46. The largest absolute Gasteiger partial charge is 0.481 e. The zero-order chi connectivity index (χ0) is 10.7. The van der Waals surface area contributed by atoms with Gasteiger partial charge in [0.15, 0.2) is 0 Å². The zero-order valence-electron chi connectivity index (χ0n) is 7.52. The summed E-state index contributed by atoms with van der Waals surface area (Å²) in [5.74, 6) is -2.53. The standard InChI is InChI=1S/C8H10F2N2O2/c1-12-4-11-3-6(12)5(8(9)10)2-7(13)14/h3-5,8H,2H2,1H3,(H,13,14). The van der Waals surface area contributed by atoms with Gasteiger partial charge in [0.05, 0.1) is 18.7 Å². The van der Waals surface area contributed by atoms with E-state index in [4.69, 9.17) is 5.11 Å². The Morgan fingerprint density at radius 2 is 2.36 bits per heavy atom. The van der Waals surface area contributed by atoms with Gasteiger partial charge in [0.25, 0.3) is 0 Å². The molecule has 1 aromatic heterocycles. The van der Waals surface area contributed by atoms with Crippen LogP contribution < -0.4 is 0 Å². The van der Waals surface area contributed by atoms with Gasteiger partial charge in [0.1, 0.15) is 0 Å². The number of carboxylic acid groups (broad SMARTS) is 1. The number of halogens is 2. The molecule has 1 N–H and O–H groups in total. The van der Waals surface area contributed by atoms with Gasteiger partial charge in [-0.2, -0.15) is 0 Å². The van der Waals surface area contributed by atoms with E-state index in [1.54, 1.807) is 7.05 Å². The van der Waals surface area contributed by atoms with Crippen LogP contribution in [0.5, 0.6) is 0 Å².